The van der Waals surface area contributed by atoms with Gasteiger partial charge in [-0.3, -0.25) is 0 Å². The van der Waals surface area contributed by atoms with Gasteiger partial charge in [0, 0.05) is 66.8 Å². The SMILES string of the molecule is CCCCCCCCCCCCCOCC(COc1ccc(-c2nc(-c3ccc(C)cc3C)nc(-c3ccc(C)cc3C)n2)c(O)c1)OCCCCCCCCCCCCOCC(O)COc1ccc(C2N=C(c3ccc(C)cc3C)N=C(c3ccc(C)cc3C)N2C)c(O)c1. The molecule has 0 fully saturated rings. The van der Waals surface area contributed by atoms with Crippen LogP contribution in [0.25, 0.3) is 34.2 Å². The van der Waals surface area contributed by atoms with Crippen molar-refractivity contribution in [2.24, 2.45) is 9.98 Å². The molecule has 0 aliphatic carbocycles. The van der Waals surface area contributed by atoms with E-state index in [-0.39, 0.29) is 30.8 Å². The number of phenols is 2. The molecule has 0 bridgehead atoms. The minimum Gasteiger partial charge on any atom is -0.507 e. The van der Waals surface area contributed by atoms with Crippen LogP contribution in [0.4, 0.5) is 0 Å². The predicted octanol–water partition coefficient (Wildman–Crippen LogP) is 19.0. The Labute approximate surface area is 574 Å². The number of amidine groups is 2. The number of aliphatic hydroxyl groups is 1. The largest absolute Gasteiger partial charge is 0.507 e. The lowest BCUT2D eigenvalue weighted by Gasteiger charge is -2.33. The van der Waals surface area contributed by atoms with Crippen LogP contribution in [0, 0.1) is 55.4 Å². The number of nitrogens with zero attached hydrogens (tertiary/aromatic N) is 6. The van der Waals surface area contributed by atoms with Crippen LogP contribution in [0.2, 0.25) is 0 Å². The van der Waals surface area contributed by atoms with Crippen molar-refractivity contribution in [2.45, 2.75) is 216 Å². The van der Waals surface area contributed by atoms with Crippen molar-refractivity contribution in [1.82, 2.24) is 19.9 Å². The van der Waals surface area contributed by atoms with Crippen molar-refractivity contribution in [3.8, 4) is 57.2 Å². The highest BCUT2D eigenvalue weighted by Crippen LogP contribution is 2.38. The van der Waals surface area contributed by atoms with Gasteiger partial charge in [-0.2, -0.15) is 0 Å². The van der Waals surface area contributed by atoms with Crippen molar-refractivity contribution >= 4 is 11.7 Å². The first-order valence-electron chi connectivity index (χ1n) is 35.9. The van der Waals surface area contributed by atoms with Gasteiger partial charge in [-0.25, -0.2) is 24.9 Å². The summed E-state index contributed by atoms with van der Waals surface area (Å²) in [5, 5.41) is 33.8. The minimum absolute atomic E-state index is 0.0224. The third kappa shape index (κ3) is 23.1. The van der Waals surface area contributed by atoms with E-state index >= 15 is 0 Å². The lowest BCUT2D eigenvalue weighted by atomic mass is 10.0. The Bertz CT molecular complexity index is 3550. The molecule has 7 aromatic rings. The van der Waals surface area contributed by atoms with E-state index < -0.39 is 12.3 Å². The fourth-order valence-electron chi connectivity index (χ4n) is 12.6. The van der Waals surface area contributed by atoms with Gasteiger partial charge in [-0.05, 0) is 121 Å². The number of aromatic nitrogens is 3. The van der Waals surface area contributed by atoms with Crippen molar-refractivity contribution in [3.05, 3.63) is 170 Å². The molecule has 8 rings (SSSR count). The summed E-state index contributed by atoms with van der Waals surface area (Å²) in [5.74, 6) is 3.95. The molecule has 96 heavy (non-hydrogen) atoms. The molecule has 0 saturated heterocycles. The van der Waals surface area contributed by atoms with Crippen LogP contribution in [0.15, 0.2) is 119 Å². The summed E-state index contributed by atoms with van der Waals surface area (Å²) in [7, 11) is 1.96. The molecule has 3 unspecified atom stereocenters. The third-order valence-electron chi connectivity index (χ3n) is 18.2. The Hall–Kier alpha value is -7.49. The Morgan fingerprint density at radius 3 is 1.30 bits per heavy atom. The van der Waals surface area contributed by atoms with Crippen LogP contribution in [0.5, 0.6) is 23.0 Å². The zero-order valence-corrected chi connectivity index (χ0v) is 59.5. The van der Waals surface area contributed by atoms with Crippen LogP contribution in [-0.2, 0) is 14.2 Å². The van der Waals surface area contributed by atoms with Gasteiger partial charge in [0.1, 0.15) is 54.3 Å². The van der Waals surface area contributed by atoms with Crippen molar-refractivity contribution in [3.63, 3.8) is 0 Å². The molecule has 0 amide bonds. The lowest BCUT2D eigenvalue weighted by Crippen LogP contribution is -2.36. The fourth-order valence-corrected chi connectivity index (χ4v) is 12.6. The maximum atomic E-state index is 11.6. The van der Waals surface area contributed by atoms with E-state index in [1.165, 1.54) is 107 Å². The maximum absolute atomic E-state index is 11.6. The van der Waals surface area contributed by atoms with Crippen LogP contribution < -0.4 is 9.47 Å². The van der Waals surface area contributed by atoms with Gasteiger partial charge < -0.3 is 43.9 Å². The first kappa shape index (κ1) is 74.3. The first-order chi connectivity index (χ1) is 46.5. The number of hydrogen-bond donors (Lipinski definition) is 3. The molecular weight excluding hydrogens is 1200 g/mol. The van der Waals surface area contributed by atoms with E-state index in [4.69, 9.17) is 48.6 Å². The summed E-state index contributed by atoms with van der Waals surface area (Å²) in [5.41, 5.74) is 13.9. The number of aromatic hydroxyl groups is 2. The van der Waals surface area contributed by atoms with Gasteiger partial charge in [0.2, 0.25) is 0 Å². The number of hydrogen-bond acceptors (Lipinski definition) is 14. The van der Waals surface area contributed by atoms with Gasteiger partial charge in [0.05, 0.1) is 18.8 Å². The van der Waals surface area contributed by atoms with E-state index in [9.17, 15) is 15.3 Å². The molecule has 1 aromatic heterocycles. The molecule has 2 heterocycles. The zero-order valence-electron chi connectivity index (χ0n) is 59.5. The molecule has 1 aliphatic heterocycles. The van der Waals surface area contributed by atoms with Crippen LogP contribution in [-0.4, -0.2) is 112 Å². The zero-order chi connectivity index (χ0) is 68.2. The average molecular weight is 1310 g/mol. The Kier molecular flexibility index (Phi) is 30.2. The van der Waals surface area contributed by atoms with E-state index in [1.54, 1.807) is 12.1 Å². The number of aliphatic imine (C=N–C) groups is 2. The van der Waals surface area contributed by atoms with E-state index in [1.807, 2.05) is 36.2 Å². The molecule has 0 radical (unpaired) electrons. The minimum atomic E-state index is -0.807. The van der Waals surface area contributed by atoms with E-state index in [0.717, 1.165) is 100.0 Å². The standard InChI is InChI=1S/C82H110N6O8/c1-11-12-13-14-15-16-17-20-24-27-30-45-93-55-68(56-96-67-36-42-73(75(90)51-67)80-84-77(69-38-32-57(2)47-61(69)6)83-78(85-80)70-39-33-58(3)48-62(70)7)94-46-31-28-25-22-19-18-21-23-26-29-44-92-53-65(89)54-95-66-37-43-74(76(91)52-66)82-87-79(71-40-34-59(4)49-63(71)8)86-81(88(82)10)72-41-35-60(5)50-64(72)9/h32-43,47-52,65,68,82,89-91H,11-31,44-46,53-56H2,1-10H3. The molecular formula is C82H110N6O8. The van der Waals surface area contributed by atoms with Crippen molar-refractivity contribution in [2.75, 3.05) is 53.3 Å². The Balaban J connectivity index is 0.722. The van der Waals surface area contributed by atoms with Gasteiger partial charge in [-0.1, -0.05) is 218 Å². The van der Waals surface area contributed by atoms with Crippen molar-refractivity contribution in [1.29, 1.82) is 0 Å². The Morgan fingerprint density at radius 1 is 0.417 bits per heavy atom. The third-order valence-corrected chi connectivity index (χ3v) is 18.2. The van der Waals surface area contributed by atoms with Crippen LogP contribution in [0.1, 0.15) is 209 Å². The maximum Gasteiger partial charge on any atom is 0.167 e. The average Bonchev–Trinajstić information content (AvgIpc) is 0.788. The van der Waals surface area contributed by atoms with Gasteiger partial charge >= 0.3 is 0 Å². The number of aryl methyl sites for hydroxylation is 8. The molecule has 6 aromatic carbocycles. The summed E-state index contributed by atoms with van der Waals surface area (Å²) < 4.78 is 30.8. The Morgan fingerprint density at radius 2 is 0.823 bits per heavy atom. The summed E-state index contributed by atoms with van der Waals surface area (Å²) in [4.78, 5) is 27.1. The second kappa shape index (κ2) is 39.0. The van der Waals surface area contributed by atoms with Gasteiger partial charge in [0.15, 0.2) is 29.5 Å². The van der Waals surface area contributed by atoms with Crippen molar-refractivity contribution < 1.29 is 39.0 Å². The highest BCUT2D eigenvalue weighted by atomic mass is 16.6. The molecule has 14 heteroatoms. The topological polar surface area (TPSA) is 173 Å². The lowest BCUT2D eigenvalue weighted by molar-refractivity contribution is -0.0389. The predicted molar refractivity (Wildman–Crippen MR) is 391 cm³/mol. The van der Waals surface area contributed by atoms with E-state index in [2.05, 4.69) is 135 Å². The quantitative estimate of drug-likeness (QED) is 0.0310. The molecule has 516 valence electrons. The molecule has 3 atom stereocenters. The van der Waals surface area contributed by atoms with Gasteiger partial charge in [0.25, 0.3) is 0 Å². The molecule has 0 saturated carbocycles. The molecule has 14 nitrogen and oxygen atoms in total. The number of aliphatic hydroxyl groups excluding tert-OH is 1. The monoisotopic (exact) mass is 1310 g/mol. The van der Waals surface area contributed by atoms with Crippen LogP contribution in [0.3, 0.4) is 0 Å². The number of benzene rings is 6. The fraction of sp³-hybridized carbons (Fsp3) is 0.500. The second-order valence-electron chi connectivity index (χ2n) is 26.8. The first-order valence-corrected chi connectivity index (χ1v) is 35.9. The smallest absolute Gasteiger partial charge is 0.167 e. The summed E-state index contributed by atoms with van der Waals surface area (Å²) in [6, 6.07) is 35.7. The van der Waals surface area contributed by atoms with E-state index in [0.29, 0.717) is 79.0 Å². The summed E-state index contributed by atoms with van der Waals surface area (Å²) in [6.07, 6.45) is 23.9. The van der Waals surface area contributed by atoms with Crippen LogP contribution >= 0.6 is 0 Å². The second-order valence-corrected chi connectivity index (χ2v) is 26.8. The highest BCUT2D eigenvalue weighted by Gasteiger charge is 2.30. The molecule has 1 aliphatic rings. The molecule has 0 spiro atoms. The normalized spacial score (nSPS) is 13.8. The number of rotatable bonds is 42. The number of phenolic OH excluding ortho intramolecular Hbond substituents is 2. The van der Waals surface area contributed by atoms with Gasteiger partial charge in [-0.15, -0.1) is 0 Å². The summed E-state index contributed by atoms with van der Waals surface area (Å²) in [6.45, 7) is 21.8. The highest BCUT2D eigenvalue weighted by molar-refractivity contribution is 6.14. The number of unbranched alkanes of at least 4 members (excludes halogenated alkanes) is 19. The number of ether oxygens (including phenoxy) is 5. The molecule has 3 N–H and O–H groups in total. The summed E-state index contributed by atoms with van der Waals surface area (Å²) >= 11 is 0.